The average molecular weight is 135 g/mol. The van der Waals surface area contributed by atoms with E-state index in [1.165, 1.54) is 13.0 Å². The van der Waals surface area contributed by atoms with Crippen LogP contribution in [0.3, 0.4) is 0 Å². The van der Waals surface area contributed by atoms with Gasteiger partial charge in [-0.3, -0.25) is 4.90 Å². The molecule has 1 saturated heterocycles. The Labute approximate surface area is 62.0 Å². The SMILES string of the molecule is C=CCN1CC2C=CC1C2. The largest absolute Gasteiger partial charge is 0.293 e. The molecule has 0 aromatic rings. The van der Waals surface area contributed by atoms with Crippen molar-refractivity contribution in [1.82, 2.24) is 4.90 Å². The van der Waals surface area contributed by atoms with Crippen molar-refractivity contribution in [1.29, 1.82) is 0 Å². The zero-order chi connectivity index (χ0) is 6.97. The molecule has 0 amide bonds. The van der Waals surface area contributed by atoms with Gasteiger partial charge in [-0.25, -0.2) is 0 Å². The van der Waals surface area contributed by atoms with E-state index in [0.29, 0.717) is 0 Å². The standard InChI is InChI=1S/C9H13N/c1-2-5-10-7-8-3-4-9(10)6-8/h2-4,8-9H,1,5-7H2. The molecular weight excluding hydrogens is 122 g/mol. The van der Waals surface area contributed by atoms with Gasteiger partial charge in [-0.05, 0) is 12.3 Å². The molecule has 2 aliphatic rings. The lowest BCUT2D eigenvalue weighted by Gasteiger charge is -2.21. The summed E-state index contributed by atoms with van der Waals surface area (Å²) in [5, 5.41) is 0. The maximum absolute atomic E-state index is 3.74. The van der Waals surface area contributed by atoms with Gasteiger partial charge in [0.1, 0.15) is 0 Å². The van der Waals surface area contributed by atoms with Crippen LogP contribution in [0.25, 0.3) is 0 Å². The summed E-state index contributed by atoms with van der Waals surface area (Å²) in [6.07, 6.45) is 8.03. The van der Waals surface area contributed by atoms with E-state index in [1.54, 1.807) is 0 Å². The molecule has 0 radical (unpaired) electrons. The fourth-order valence-corrected chi connectivity index (χ4v) is 1.97. The van der Waals surface area contributed by atoms with Crippen molar-refractivity contribution in [2.75, 3.05) is 13.1 Å². The van der Waals surface area contributed by atoms with Gasteiger partial charge < -0.3 is 0 Å². The minimum absolute atomic E-state index is 0.739. The molecule has 2 unspecified atom stereocenters. The molecule has 54 valence electrons. The predicted octanol–water partition coefficient (Wildman–Crippen LogP) is 1.43. The highest BCUT2D eigenvalue weighted by Crippen LogP contribution is 2.30. The fourth-order valence-electron chi connectivity index (χ4n) is 1.97. The summed E-state index contributed by atoms with van der Waals surface area (Å²) in [6, 6.07) is 0.739. The Bertz CT molecular complexity index is 172. The Kier molecular flexibility index (Phi) is 1.38. The van der Waals surface area contributed by atoms with Gasteiger partial charge in [0, 0.05) is 19.1 Å². The molecule has 0 spiro atoms. The summed E-state index contributed by atoms with van der Waals surface area (Å²) in [5.41, 5.74) is 0. The van der Waals surface area contributed by atoms with Gasteiger partial charge in [0.05, 0.1) is 0 Å². The second-order valence-electron chi connectivity index (χ2n) is 3.19. The van der Waals surface area contributed by atoms with Crippen molar-refractivity contribution in [2.24, 2.45) is 5.92 Å². The van der Waals surface area contributed by atoms with Crippen LogP contribution in [0.4, 0.5) is 0 Å². The second kappa shape index (κ2) is 2.24. The van der Waals surface area contributed by atoms with Crippen LogP contribution < -0.4 is 0 Å². The van der Waals surface area contributed by atoms with Crippen molar-refractivity contribution in [2.45, 2.75) is 12.5 Å². The van der Waals surface area contributed by atoms with Gasteiger partial charge in [0.2, 0.25) is 0 Å². The van der Waals surface area contributed by atoms with E-state index in [2.05, 4.69) is 23.6 Å². The molecule has 1 fully saturated rings. The highest BCUT2D eigenvalue weighted by Gasteiger charge is 2.32. The predicted molar refractivity (Wildman–Crippen MR) is 42.8 cm³/mol. The molecule has 1 aliphatic carbocycles. The Morgan fingerprint density at radius 3 is 3.00 bits per heavy atom. The Morgan fingerprint density at radius 1 is 1.60 bits per heavy atom. The van der Waals surface area contributed by atoms with Gasteiger partial charge in [-0.1, -0.05) is 18.2 Å². The number of hydrogen-bond donors (Lipinski definition) is 0. The van der Waals surface area contributed by atoms with E-state index in [9.17, 15) is 0 Å². The van der Waals surface area contributed by atoms with Crippen molar-refractivity contribution in [3.63, 3.8) is 0 Å². The summed E-state index contributed by atoms with van der Waals surface area (Å²) in [4.78, 5) is 2.48. The third kappa shape index (κ3) is 0.816. The molecule has 1 heteroatoms. The molecule has 1 aliphatic heterocycles. The number of hydrogen-bond acceptors (Lipinski definition) is 1. The molecule has 2 rings (SSSR count). The van der Waals surface area contributed by atoms with Gasteiger partial charge >= 0.3 is 0 Å². The zero-order valence-corrected chi connectivity index (χ0v) is 6.16. The van der Waals surface area contributed by atoms with Gasteiger partial charge in [-0.2, -0.15) is 0 Å². The highest BCUT2D eigenvalue weighted by molar-refractivity contribution is 5.13. The summed E-state index contributed by atoms with van der Waals surface area (Å²) < 4.78 is 0. The van der Waals surface area contributed by atoms with Gasteiger partial charge in [-0.15, -0.1) is 6.58 Å². The van der Waals surface area contributed by atoms with Crippen LogP contribution in [0.15, 0.2) is 24.8 Å². The average Bonchev–Trinajstić information content (AvgIpc) is 2.48. The van der Waals surface area contributed by atoms with Crippen LogP contribution in [-0.2, 0) is 0 Å². The monoisotopic (exact) mass is 135 g/mol. The fraction of sp³-hybridized carbons (Fsp3) is 0.556. The topological polar surface area (TPSA) is 3.24 Å². The number of likely N-dealkylation sites (tertiary alicyclic amines) is 1. The highest BCUT2D eigenvalue weighted by atomic mass is 15.2. The van der Waals surface area contributed by atoms with E-state index in [-0.39, 0.29) is 0 Å². The first-order valence-corrected chi connectivity index (χ1v) is 3.93. The van der Waals surface area contributed by atoms with E-state index >= 15 is 0 Å². The van der Waals surface area contributed by atoms with Crippen LogP contribution in [0.1, 0.15) is 6.42 Å². The van der Waals surface area contributed by atoms with Crippen LogP contribution in [0.5, 0.6) is 0 Å². The van der Waals surface area contributed by atoms with Crippen LogP contribution in [-0.4, -0.2) is 24.0 Å². The number of rotatable bonds is 2. The Hall–Kier alpha value is -0.560. The quantitative estimate of drug-likeness (QED) is 0.518. The summed E-state index contributed by atoms with van der Waals surface area (Å²) in [6.45, 7) is 6.06. The molecule has 2 atom stereocenters. The Balaban J connectivity index is 2.02. The smallest absolute Gasteiger partial charge is 0.0287 e. The second-order valence-corrected chi connectivity index (χ2v) is 3.19. The van der Waals surface area contributed by atoms with E-state index in [1.807, 2.05) is 6.08 Å². The molecule has 0 N–H and O–H groups in total. The molecule has 10 heavy (non-hydrogen) atoms. The third-order valence-corrected chi connectivity index (χ3v) is 2.45. The van der Waals surface area contributed by atoms with Crippen molar-refractivity contribution >= 4 is 0 Å². The number of nitrogens with zero attached hydrogens (tertiary/aromatic N) is 1. The maximum atomic E-state index is 3.74. The summed E-state index contributed by atoms with van der Waals surface area (Å²) in [7, 11) is 0. The van der Waals surface area contributed by atoms with Gasteiger partial charge in [0.25, 0.3) is 0 Å². The van der Waals surface area contributed by atoms with Crippen LogP contribution in [0, 0.1) is 5.92 Å². The lowest BCUT2D eigenvalue weighted by atomic mass is 10.2. The minimum atomic E-state index is 0.739. The summed E-state index contributed by atoms with van der Waals surface area (Å²) >= 11 is 0. The molecule has 1 nitrogen and oxygen atoms in total. The molecule has 0 aromatic carbocycles. The Morgan fingerprint density at radius 2 is 2.50 bits per heavy atom. The third-order valence-electron chi connectivity index (χ3n) is 2.45. The summed E-state index contributed by atoms with van der Waals surface area (Å²) in [5.74, 6) is 0.852. The lowest BCUT2D eigenvalue weighted by molar-refractivity contribution is 0.311. The number of fused-ring (bicyclic) bond motifs is 2. The molecule has 2 bridgehead atoms. The molecule has 0 saturated carbocycles. The van der Waals surface area contributed by atoms with E-state index in [0.717, 1.165) is 18.5 Å². The van der Waals surface area contributed by atoms with Crippen LogP contribution >= 0.6 is 0 Å². The first-order valence-electron chi connectivity index (χ1n) is 3.93. The van der Waals surface area contributed by atoms with Gasteiger partial charge in [0.15, 0.2) is 0 Å². The maximum Gasteiger partial charge on any atom is 0.0287 e. The first kappa shape index (κ1) is 6.17. The molecule has 0 aromatic heterocycles. The van der Waals surface area contributed by atoms with Crippen molar-refractivity contribution < 1.29 is 0 Å². The van der Waals surface area contributed by atoms with Crippen molar-refractivity contribution in [3.05, 3.63) is 24.8 Å². The van der Waals surface area contributed by atoms with E-state index in [4.69, 9.17) is 0 Å². The molecule has 1 heterocycles. The van der Waals surface area contributed by atoms with Crippen molar-refractivity contribution in [3.8, 4) is 0 Å². The first-order chi connectivity index (χ1) is 4.90. The van der Waals surface area contributed by atoms with Crippen LogP contribution in [0.2, 0.25) is 0 Å². The molecular formula is C9H13N. The lowest BCUT2D eigenvalue weighted by Crippen LogP contribution is -2.29. The zero-order valence-electron chi connectivity index (χ0n) is 6.16. The van der Waals surface area contributed by atoms with E-state index < -0.39 is 0 Å². The minimum Gasteiger partial charge on any atom is -0.293 e. The normalized spacial score (nSPS) is 37.2.